The molecule has 1 unspecified atom stereocenters. The van der Waals surface area contributed by atoms with Gasteiger partial charge in [-0.2, -0.15) is 43.5 Å². The first-order valence-corrected chi connectivity index (χ1v) is 9.75. The van der Waals surface area contributed by atoms with E-state index in [4.69, 9.17) is 4.55 Å². The minimum Gasteiger partial charge on any atom is -0.412 e. The summed E-state index contributed by atoms with van der Waals surface area (Å²) in [6.07, 6.45) is -13.9. The number of rotatable bonds is 8. The number of nitrogens with one attached hydrogen (secondary N) is 1. The van der Waals surface area contributed by atoms with Crippen molar-refractivity contribution >= 4 is 22.0 Å². The second-order valence-electron chi connectivity index (χ2n) is 6.23. The molecular weight excluding hydrogens is 492 g/mol. The fraction of sp³-hybridized carbons (Fsp3) is 0.714. The highest BCUT2D eigenvalue weighted by Gasteiger charge is 2.68. The van der Waals surface area contributed by atoms with Gasteiger partial charge in [0.1, 0.15) is 5.57 Å². The molecule has 0 aromatic rings. The van der Waals surface area contributed by atoms with Gasteiger partial charge in [0.05, 0.1) is 13.0 Å². The number of halogens is 8. The quantitative estimate of drug-likeness (QED) is 0.165. The third-order valence-corrected chi connectivity index (χ3v) is 4.92. The molecule has 1 aliphatic rings. The molecule has 2 N–H and O–H groups in total. The van der Waals surface area contributed by atoms with Gasteiger partial charge in [-0.3, -0.25) is 9.35 Å². The third-order valence-electron chi connectivity index (χ3n) is 3.96. The summed E-state index contributed by atoms with van der Waals surface area (Å²) in [5, 5.41) is -2.42. The van der Waals surface area contributed by atoms with Gasteiger partial charge in [-0.05, 0) is 0 Å². The van der Waals surface area contributed by atoms with Gasteiger partial charge in [-0.1, -0.05) is 6.58 Å². The Morgan fingerprint density at radius 3 is 1.94 bits per heavy atom. The molecule has 0 aromatic heterocycles. The number of hydrogen-bond donors (Lipinski definition) is 2. The molecule has 1 amide bonds. The summed E-state index contributed by atoms with van der Waals surface area (Å²) in [6, 6.07) is 0. The normalized spacial score (nSPS) is 18.1. The molecule has 0 saturated carbocycles. The second kappa shape index (κ2) is 9.44. The first kappa shape index (κ1) is 28.0. The topological polar surface area (TPSA) is 122 Å². The van der Waals surface area contributed by atoms with E-state index in [2.05, 4.69) is 21.4 Å². The summed E-state index contributed by atoms with van der Waals surface area (Å²) in [5.41, 5.74) is -2.47. The zero-order valence-corrected chi connectivity index (χ0v) is 16.5. The highest BCUT2D eigenvalue weighted by Crippen LogP contribution is 2.39. The number of esters is 1. The lowest BCUT2D eigenvalue weighted by molar-refractivity contribution is -0.352. The molecule has 186 valence electrons. The summed E-state index contributed by atoms with van der Waals surface area (Å²) in [6.45, 7) is -0.842. The number of piperazine rings is 1. The van der Waals surface area contributed by atoms with Crippen molar-refractivity contribution in [1.29, 1.82) is 0 Å². The molecule has 32 heavy (non-hydrogen) atoms. The second-order valence-corrected chi connectivity index (χ2v) is 7.78. The Labute approximate surface area is 175 Å². The number of hydrogen-bond acceptors (Lipinski definition) is 7. The van der Waals surface area contributed by atoms with Crippen LogP contribution in [0, 0.1) is 0 Å². The van der Waals surface area contributed by atoms with Crippen molar-refractivity contribution in [2.24, 2.45) is 0 Å². The van der Waals surface area contributed by atoms with Gasteiger partial charge in [0.15, 0.2) is 0 Å². The Bertz CT molecular complexity index is 837. The molecule has 9 nitrogen and oxygen atoms in total. The van der Waals surface area contributed by atoms with Crippen molar-refractivity contribution in [3.8, 4) is 0 Å². The van der Waals surface area contributed by atoms with E-state index in [9.17, 15) is 53.1 Å². The lowest BCUT2D eigenvalue weighted by Crippen LogP contribution is -2.64. The number of alkyl halides is 8. The smallest absolute Gasteiger partial charge is 0.412 e. The summed E-state index contributed by atoms with van der Waals surface area (Å²) in [5.74, 6) is -9.88. The van der Waals surface area contributed by atoms with Crippen LogP contribution in [0.3, 0.4) is 0 Å². The molecule has 1 saturated heterocycles. The maximum atomic E-state index is 13.8. The Morgan fingerprint density at radius 2 is 1.53 bits per heavy atom. The predicted octanol–water partition coefficient (Wildman–Crippen LogP) is 1.23. The molecule has 1 rings (SSSR count). The van der Waals surface area contributed by atoms with E-state index in [1.807, 2.05) is 0 Å². The average molecular weight is 508 g/mol. The van der Waals surface area contributed by atoms with E-state index in [1.165, 1.54) is 0 Å². The van der Waals surface area contributed by atoms with E-state index >= 15 is 0 Å². The molecule has 1 fully saturated rings. The highest BCUT2D eigenvalue weighted by atomic mass is 32.2. The zero-order valence-electron chi connectivity index (χ0n) is 15.7. The Hall–Kier alpha value is -2.05. The molecule has 0 aromatic carbocycles. The number of carbonyl (C=O) groups excluding carboxylic acids is 2. The van der Waals surface area contributed by atoms with Crippen LogP contribution in [-0.4, -0.2) is 85.9 Å². The molecule has 1 atom stereocenters. The van der Waals surface area contributed by atoms with E-state index in [0.717, 1.165) is 0 Å². The van der Waals surface area contributed by atoms with Crippen molar-refractivity contribution in [3.05, 3.63) is 12.2 Å². The Balaban J connectivity index is 3.38. The van der Waals surface area contributed by atoms with Crippen LogP contribution in [0.4, 0.5) is 35.1 Å². The summed E-state index contributed by atoms with van der Waals surface area (Å²) < 4.78 is 143. The van der Waals surface area contributed by atoms with E-state index in [1.54, 1.807) is 0 Å². The molecule has 18 heteroatoms. The van der Waals surface area contributed by atoms with Crippen molar-refractivity contribution in [2.45, 2.75) is 29.8 Å². The number of amides is 1. The SMILES string of the molecule is C=C(C(=O)OC(OCCC(F)(F)S(=O)(=O)O)(C(=O)N1CCNCC1)C(F)(F)F)C(F)(F)F. The third kappa shape index (κ3) is 6.26. The van der Waals surface area contributed by atoms with E-state index in [0.29, 0.717) is 4.90 Å². The van der Waals surface area contributed by atoms with Crippen LogP contribution in [0.1, 0.15) is 6.42 Å². The molecule has 0 aliphatic carbocycles. The lowest BCUT2D eigenvalue weighted by Gasteiger charge is -2.38. The number of nitrogens with zero attached hydrogens (tertiary/aromatic N) is 1. The summed E-state index contributed by atoms with van der Waals surface area (Å²) in [4.78, 5) is 24.6. The van der Waals surface area contributed by atoms with Crippen LogP contribution in [-0.2, 0) is 29.2 Å². The van der Waals surface area contributed by atoms with Gasteiger partial charge in [-0.25, -0.2) is 4.79 Å². The van der Waals surface area contributed by atoms with Gasteiger partial charge in [-0.15, -0.1) is 0 Å². The summed E-state index contributed by atoms with van der Waals surface area (Å²) >= 11 is 0. The highest BCUT2D eigenvalue weighted by molar-refractivity contribution is 7.86. The Kier molecular flexibility index (Phi) is 8.25. The van der Waals surface area contributed by atoms with E-state index in [-0.39, 0.29) is 13.1 Å². The number of carbonyl (C=O) groups is 2. The van der Waals surface area contributed by atoms with Crippen molar-refractivity contribution in [1.82, 2.24) is 10.2 Å². The van der Waals surface area contributed by atoms with Crippen LogP contribution in [0.5, 0.6) is 0 Å². The van der Waals surface area contributed by atoms with Crippen LogP contribution in [0.15, 0.2) is 12.2 Å². The maximum absolute atomic E-state index is 13.8. The zero-order chi connectivity index (χ0) is 25.2. The first-order chi connectivity index (χ1) is 14.3. The monoisotopic (exact) mass is 508 g/mol. The van der Waals surface area contributed by atoms with Gasteiger partial charge in [0, 0.05) is 26.2 Å². The van der Waals surface area contributed by atoms with Gasteiger partial charge < -0.3 is 19.7 Å². The fourth-order valence-electron chi connectivity index (χ4n) is 2.22. The summed E-state index contributed by atoms with van der Waals surface area (Å²) in [7, 11) is -6.12. The first-order valence-electron chi connectivity index (χ1n) is 8.31. The Morgan fingerprint density at radius 1 is 1.03 bits per heavy atom. The van der Waals surface area contributed by atoms with Crippen molar-refractivity contribution < 1.29 is 67.2 Å². The molecule has 0 spiro atoms. The van der Waals surface area contributed by atoms with E-state index < -0.39 is 77.1 Å². The van der Waals surface area contributed by atoms with Crippen LogP contribution in [0.2, 0.25) is 0 Å². The molecule has 0 radical (unpaired) electrons. The van der Waals surface area contributed by atoms with Crippen LogP contribution >= 0.6 is 0 Å². The molecular formula is C14H16F8N2O7S. The fourth-order valence-corrected chi connectivity index (χ4v) is 2.56. The number of ether oxygens (including phenoxy) is 2. The predicted molar refractivity (Wildman–Crippen MR) is 86.6 cm³/mol. The van der Waals surface area contributed by atoms with Gasteiger partial charge in [0.25, 0.3) is 0 Å². The molecule has 1 aliphatic heterocycles. The lowest BCUT2D eigenvalue weighted by atomic mass is 10.2. The maximum Gasteiger partial charge on any atom is 0.466 e. The van der Waals surface area contributed by atoms with Gasteiger partial charge >= 0.3 is 45.4 Å². The average Bonchev–Trinajstić information content (AvgIpc) is 2.63. The van der Waals surface area contributed by atoms with Crippen molar-refractivity contribution in [3.63, 3.8) is 0 Å². The standard InChI is InChI=1S/C14H16F8N2O7S/c1-8(13(17,18)19)9(25)31-12(14(20,21)22,10(26)24-5-3-23-4-6-24)30-7-2-11(15,16)32(27,28)29/h23H,1-7H2,(H,27,28,29). The largest absolute Gasteiger partial charge is 0.466 e. The van der Waals surface area contributed by atoms with Crippen molar-refractivity contribution in [2.75, 3.05) is 32.8 Å². The minimum atomic E-state index is -6.12. The molecule has 0 bridgehead atoms. The van der Waals surface area contributed by atoms with Gasteiger partial charge in [0.2, 0.25) is 0 Å². The molecule has 1 heterocycles. The van der Waals surface area contributed by atoms with Crippen LogP contribution < -0.4 is 5.32 Å². The minimum absolute atomic E-state index is 0.0797. The van der Waals surface area contributed by atoms with Crippen LogP contribution in [0.25, 0.3) is 0 Å².